The first-order valence-corrected chi connectivity index (χ1v) is 7.80. The van der Waals surface area contributed by atoms with E-state index in [1.165, 1.54) is 23.6 Å². The molecule has 0 bridgehead atoms. The zero-order chi connectivity index (χ0) is 16.9. The van der Waals surface area contributed by atoms with Crippen LogP contribution in [-0.4, -0.2) is 18.1 Å². The molecule has 0 aliphatic rings. The summed E-state index contributed by atoms with van der Waals surface area (Å²) in [5, 5.41) is 16.8. The van der Waals surface area contributed by atoms with Gasteiger partial charge in [-0.3, -0.25) is 4.79 Å². The minimum absolute atomic E-state index is 0.0429. The van der Waals surface area contributed by atoms with Gasteiger partial charge in [-0.15, -0.1) is 11.3 Å². The molecule has 1 aromatic carbocycles. The van der Waals surface area contributed by atoms with Gasteiger partial charge < -0.3 is 14.3 Å². The van der Waals surface area contributed by atoms with Crippen LogP contribution >= 0.6 is 11.3 Å². The van der Waals surface area contributed by atoms with Crippen molar-refractivity contribution in [2.24, 2.45) is 5.10 Å². The van der Waals surface area contributed by atoms with Crippen LogP contribution < -0.4 is 10.5 Å². The maximum absolute atomic E-state index is 11.7. The molecule has 1 N–H and O–H groups in total. The molecule has 2 aromatic heterocycles. The van der Waals surface area contributed by atoms with Crippen LogP contribution in [0, 0.1) is 0 Å². The van der Waals surface area contributed by atoms with E-state index in [1.807, 2.05) is 0 Å². The average molecular weight is 339 g/mol. The first kappa shape index (κ1) is 15.7. The van der Waals surface area contributed by atoms with Gasteiger partial charge in [0.2, 0.25) is 0 Å². The molecule has 7 heteroatoms. The quantitative estimate of drug-likeness (QED) is 0.569. The Morgan fingerprint density at radius 3 is 2.71 bits per heavy atom. The molecule has 0 aliphatic carbocycles. The van der Waals surface area contributed by atoms with Crippen LogP contribution in [0.15, 0.2) is 63.4 Å². The highest BCUT2D eigenvalue weighted by atomic mass is 32.1. The van der Waals surface area contributed by atoms with Crippen molar-refractivity contribution >= 4 is 29.4 Å². The number of carboxylic acid groups (broad SMARTS) is 1. The van der Waals surface area contributed by atoms with Gasteiger partial charge in [0.15, 0.2) is 0 Å². The average Bonchev–Trinajstić information content (AvgIpc) is 3.26. The summed E-state index contributed by atoms with van der Waals surface area (Å²) in [6, 6.07) is 13.1. The highest BCUT2D eigenvalue weighted by molar-refractivity contribution is 7.12. The Bertz CT molecular complexity index is 897. The van der Waals surface area contributed by atoms with Gasteiger partial charge in [-0.1, -0.05) is 30.3 Å². The standard InChI is InChI=1S/C17H12N2O4S/c20-16(15-6-3-9-24-15)19-18-10-11-7-8-14(23-11)12-4-1-2-5-13(12)17(21)22/h1-10H,(H,19,20)(H,21,22)/p-1/b18-10-. The van der Waals surface area contributed by atoms with Gasteiger partial charge in [-0.05, 0) is 23.6 Å². The number of thiophene rings is 1. The molecule has 2 heterocycles. The Morgan fingerprint density at radius 1 is 1.12 bits per heavy atom. The fourth-order valence-corrected chi connectivity index (χ4v) is 2.67. The number of hydrazone groups is 1. The summed E-state index contributed by atoms with van der Waals surface area (Å²) in [4.78, 5) is 23.4. The molecule has 120 valence electrons. The number of carbonyl (C=O) groups excluding carboxylic acids is 2. The van der Waals surface area contributed by atoms with E-state index in [2.05, 4.69) is 10.5 Å². The summed E-state index contributed by atoms with van der Waals surface area (Å²) in [7, 11) is 0. The second-order valence-corrected chi connectivity index (χ2v) is 5.66. The fourth-order valence-electron chi connectivity index (χ4n) is 2.06. The Kier molecular flexibility index (Phi) is 4.53. The molecule has 0 aliphatic heterocycles. The van der Waals surface area contributed by atoms with E-state index in [1.54, 1.807) is 47.8 Å². The second-order valence-electron chi connectivity index (χ2n) is 4.71. The number of carbonyl (C=O) groups is 2. The van der Waals surface area contributed by atoms with Crippen LogP contribution in [0.25, 0.3) is 11.3 Å². The zero-order valence-electron chi connectivity index (χ0n) is 12.3. The third-order valence-electron chi connectivity index (χ3n) is 3.14. The Labute approximate surface area is 141 Å². The number of aromatic carboxylic acids is 1. The number of hydrogen-bond acceptors (Lipinski definition) is 6. The monoisotopic (exact) mass is 339 g/mol. The molecule has 0 atom stereocenters. The first-order chi connectivity index (χ1) is 11.6. The lowest BCUT2D eigenvalue weighted by Crippen LogP contribution is -2.22. The van der Waals surface area contributed by atoms with Crippen LogP contribution in [0.1, 0.15) is 25.8 Å². The molecular formula is C17H11N2O4S-. The minimum atomic E-state index is -1.28. The van der Waals surface area contributed by atoms with Gasteiger partial charge in [-0.25, -0.2) is 5.43 Å². The molecular weight excluding hydrogens is 328 g/mol. The zero-order valence-corrected chi connectivity index (χ0v) is 13.1. The van der Waals surface area contributed by atoms with Crippen LogP contribution in [0.2, 0.25) is 0 Å². The highest BCUT2D eigenvalue weighted by Crippen LogP contribution is 2.25. The predicted octanol–water partition coefficient (Wildman–Crippen LogP) is 2.14. The highest BCUT2D eigenvalue weighted by Gasteiger charge is 2.09. The molecule has 6 nitrogen and oxygen atoms in total. The second kappa shape index (κ2) is 6.93. The van der Waals surface area contributed by atoms with Crippen molar-refractivity contribution in [2.75, 3.05) is 0 Å². The molecule has 0 saturated heterocycles. The number of benzene rings is 1. The topological polar surface area (TPSA) is 94.7 Å². The maximum Gasteiger partial charge on any atom is 0.281 e. The molecule has 0 fully saturated rings. The number of carboxylic acids is 1. The summed E-state index contributed by atoms with van der Waals surface area (Å²) in [5.41, 5.74) is 2.85. The lowest BCUT2D eigenvalue weighted by molar-refractivity contribution is -0.254. The Hall–Kier alpha value is -3.19. The molecule has 0 radical (unpaired) electrons. The molecule has 3 rings (SSSR count). The van der Waals surface area contributed by atoms with Gasteiger partial charge in [0.1, 0.15) is 11.5 Å². The summed E-state index contributed by atoms with van der Waals surface area (Å²) in [5.74, 6) is -0.832. The summed E-state index contributed by atoms with van der Waals surface area (Å²) < 4.78 is 5.54. The van der Waals surface area contributed by atoms with Crippen molar-refractivity contribution in [3.63, 3.8) is 0 Å². The van der Waals surface area contributed by atoms with E-state index in [0.29, 0.717) is 22.0 Å². The summed E-state index contributed by atoms with van der Waals surface area (Å²) >= 11 is 1.31. The van der Waals surface area contributed by atoms with Crippen molar-refractivity contribution in [1.82, 2.24) is 5.43 Å². The van der Waals surface area contributed by atoms with Crippen LogP contribution in [0.5, 0.6) is 0 Å². The number of nitrogens with one attached hydrogen (secondary N) is 1. The molecule has 0 unspecified atom stereocenters. The van der Waals surface area contributed by atoms with E-state index in [0.717, 1.165) is 0 Å². The van der Waals surface area contributed by atoms with E-state index in [-0.39, 0.29) is 11.5 Å². The van der Waals surface area contributed by atoms with E-state index >= 15 is 0 Å². The molecule has 1 amide bonds. The van der Waals surface area contributed by atoms with Crippen LogP contribution in [0.3, 0.4) is 0 Å². The molecule has 0 saturated carbocycles. The third-order valence-corrected chi connectivity index (χ3v) is 4.01. The first-order valence-electron chi connectivity index (χ1n) is 6.92. The number of rotatable bonds is 5. The van der Waals surface area contributed by atoms with Gasteiger partial charge in [0.05, 0.1) is 17.1 Å². The lowest BCUT2D eigenvalue weighted by Gasteiger charge is -2.07. The molecule has 24 heavy (non-hydrogen) atoms. The lowest BCUT2D eigenvalue weighted by atomic mass is 10.1. The normalized spacial score (nSPS) is 10.8. The van der Waals surface area contributed by atoms with Crippen molar-refractivity contribution in [3.8, 4) is 11.3 Å². The van der Waals surface area contributed by atoms with Crippen LogP contribution in [-0.2, 0) is 0 Å². The van der Waals surface area contributed by atoms with Gasteiger partial charge in [0.25, 0.3) is 5.91 Å². The van der Waals surface area contributed by atoms with Crippen molar-refractivity contribution in [2.45, 2.75) is 0 Å². The van der Waals surface area contributed by atoms with Gasteiger partial charge in [0, 0.05) is 11.1 Å². The van der Waals surface area contributed by atoms with Gasteiger partial charge in [-0.2, -0.15) is 5.10 Å². The predicted molar refractivity (Wildman–Crippen MR) is 87.9 cm³/mol. The number of hydrogen-bond donors (Lipinski definition) is 1. The minimum Gasteiger partial charge on any atom is -0.545 e. The largest absolute Gasteiger partial charge is 0.545 e. The SMILES string of the molecule is O=C(N/N=C\c1ccc(-c2ccccc2C(=O)[O-])o1)c1cccs1. The van der Waals surface area contributed by atoms with Crippen molar-refractivity contribution in [3.05, 3.63) is 70.1 Å². The van der Waals surface area contributed by atoms with Gasteiger partial charge >= 0.3 is 0 Å². The smallest absolute Gasteiger partial charge is 0.281 e. The fraction of sp³-hybridized carbons (Fsp3) is 0. The van der Waals surface area contributed by atoms with Crippen molar-refractivity contribution in [1.29, 1.82) is 0 Å². The summed E-state index contributed by atoms with van der Waals surface area (Å²) in [6.45, 7) is 0. The maximum atomic E-state index is 11.7. The Balaban J connectivity index is 1.73. The number of amides is 1. The van der Waals surface area contributed by atoms with E-state index in [9.17, 15) is 14.7 Å². The van der Waals surface area contributed by atoms with E-state index < -0.39 is 5.97 Å². The van der Waals surface area contributed by atoms with E-state index in [4.69, 9.17) is 4.42 Å². The Morgan fingerprint density at radius 2 is 1.96 bits per heavy atom. The summed E-state index contributed by atoms with van der Waals surface area (Å²) in [6.07, 6.45) is 1.34. The molecule has 0 spiro atoms. The number of furan rings is 1. The van der Waals surface area contributed by atoms with Crippen LogP contribution in [0.4, 0.5) is 0 Å². The molecule has 3 aromatic rings. The number of nitrogens with zero attached hydrogens (tertiary/aromatic N) is 1. The van der Waals surface area contributed by atoms with Crippen molar-refractivity contribution < 1.29 is 19.1 Å². The third kappa shape index (κ3) is 3.41.